The maximum absolute atomic E-state index is 12.0. The lowest BCUT2D eigenvalue weighted by Gasteiger charge is -2.08. The normalized spacial score (nSPS) is 10.5. The first-order valence-electron chi connectivity index (χ1n) is 10.4. The minimum Gasteiger partial charge on any atom is -0.484 e. The molecule has 3 aromatic rings. The molecule has 0 radical (unpaired) electrons. The molecule has 0 fully saturated rings. The van der Waals surface area contributed by atoms with E-state index in [1.165, 1.54) is 6.21 Å². The Bertz CT molecular complexity index is 1160. The number of hydrogen-bond donors (Lipinski definition) is 3. The summed E-state index contributed by atoms with van der Waals surface area (Å²) in [5, 5.41) is 9.58. The van der Waals surface area contributed by atoms with Gasteiger partial charge < -0.3 is 15.4 Å². The minimum atomic E-state index is -0.887. The van der Waals surface area contributed by atoms with Crippen LogP contribution in [0, 0.1) is 0 Å². The summed E-state index contributed by atoms with van der Waals surface area (Å²) in [6.45, 7) is 1.87. The van der Waals surface area contributed by atoms with E-state index in [0.29, 0.717) is 27.7 Å². The molecular formula is C25H23ClN4O4. The molecule has 3 N–H and O–H groups in total. The van der Waals surface area contributed by atoms with Crippen molar-refractivity contribution in [3.63, 3.8) is 0 Å². The second-order valence-corrected chi connectivity index (χ2v) is 7.55. The van der Waals surface area contributed by atoms with Crippen LogP contribution in [0.3, 0.4) is 0 Å². The zero-order chi connectivity index (χ0) is 24.3. The second-order valence-electron chi connectivity index (χ2n) is 7.12. The Labute approximate surface area is 202 Å². The SMILES string of the molecule is CCc1ccc(NC(=O)C(=O)N/N=C\c2ccc(OCC(=O)Nc3ccc(Cl)cc3)cc2)cc1. The van der Waals surface area contributed by atoms with Crippen molar-refractivity contribution in [1.29, 1.82) is 0 Å². The van der Waals surface area contributed by atoms with Gasteiger partial charge in [0.1, 0.15) is 5.75 Å². The summed E-state index contributed by atoms with van der Waals surface area (Å²) in [4.78, 5) is 35.8. The van der Waals surface area contributed by atoms with Crippen LogP contribution in [0.25, 0.3) is 0 Å². The van der Waals surface area contributed by atoms with Gasteiger partial charge in [-0.3, -0.25) is 14.4 Å². The highest BCUT2D eigenvalue weighted by Gasteiger charge is 2.12. The first-order valence-corrected chi connectivity index (χ1v) is 10.8. The van der Waals surface area contributed by atoms with Crippen molar-refractivity contribution in [1.82, 2.24) is 5.43 Å². The summed E-state index contributed by atoms with van der Waals surface area (Å²) >= 11 is 5.82. The number of ether oxygens (including phenoxy) is 1. The molecular weight excluding hydrogens is 456 g/mol. The molecule has 0 saturated heterocycles. The predicted molar refractivity (Wildman–Crippen MR) is 132 cm³/mol. The molecule has 0 atom stereocenters. The number of halogens is 1. The number of carbonyl (C=O) groups excluding carboxylic acids is 3. The standard InChI is InChI=1S/C25H23ClN4O4/c1-2-17-3-9-21(10-4-17)29-24(32)25(33)30-27-15-18-5-13-22(14-6-18)34-16-23(31)28-20-11-7-19(26)8-12-20/h3-15H,2,16H2,1H3,(H,28,31)(H,29,32)(H,30,33)/b27-15-. The highest BCUT2D eigenvalue weighted by Crippen LogP contribution is 2.14. The van der Waals surface area contributed by atoms with E-state index in [1.807, 2.05) is 19.1 Å². The van der Waals surface area contributed by atoms with Crippen LogP contribution < -0.4 is 20.8 Å². The van der Waals surface area contributed by atoms with E-state index in [2.05, 4.69) is 21.2 Å². The fourth-order valence-electron chi connectivity index (χ4n) is 2.76. The lowest BCUT2D eigenvalue weighted by atomic mass is 10.1. The highest BCUT2D eigenvalue weighted by atomic mass is 35.5. The number of hydrazone groups is 1. The van der Waals surface area contributed by atoms with Gasteiger partial charge in [-0.25, -0.2) is 5.43 Å². The van der Waals surface area contributed by atoms with Crippen LogP contribution in [0.15, 0.2) is 77.9 Å². The average molecular weight is 479 g/mol. The molecule has 3 amide bonds. The van der Waals surface area contributed by atoms with Crippen LogP contribution in [0.2, 0.25) is 5.02 Å². The monoisotopic (exact) mass is 478 g/mol. The maximum Gasteiger partial charge on any atom is 0.329 e. The van der Waals surface area contributed by atoms with Crippen molar-refractivity contribution in [2.75, 3.05) is 17.2 Å². The predicted octanol–water partition coefficient (Wildman–Crippen LogP) is 4.01. The summed E-state index contributed by atoms with van der Waals surface area (Å²) in [6, 6.07) is 20.7. The number of amides is 3. The number of rotatable bonds is 8. The molecule has 0 spiro atoms. The Morgan fingerprint density at radius 1 is 0.853 bits per heavy atom. The molecule has 0 aliphatic carbocycles. The van der Waals surface area contributed by atoms with Crippen molar-refractivity contribution in [2.24, 2.45) is 5.10 Å². The molecule has 3 rings (SSSR count). The number of hydrogen-bond acceptors (Lipinski definition) is 5. The first-order chi connectivity index (χ1) is 16.4. The van der Waals surface area contributed by atoms with Gasteiger partial charge in [-0.15, -0.1) is 0 Å². The van der Waals surface area contributed by atoms with E-state index < -0.39 is 11.8 Å². The molecule has 0 saturated carbocycles. The van der Waals surface area contributed by atoms with Gasteiger partial charge >= 0.3 is 11.8 Å². The van der Waals surface area contributed by atoms with E-state index in [9.17, 15) is 14.4 Å². The van der Waals surface area contributed by atoms with Gasteiger partial charge in [0.05, 0.1) is 6.21 Å². The van der Waals surface area contributed by atoms with E-state index >= 15 is 0 Å². The van der Waals surface area contributed by atoms with Crippen LogP contribution in [0.5, 0.6) is 5.75 Å². The van der Waals surface area contributed by atoms with Crippen LogP contribution in [0.4, 0.5) is 11.4 Å². The number of nitrogens with zero attached hydrogens (tertiary/aromatic N) is 1. The van der Waals surface area contributed by atoms with Gasteiger partial charge in [0, 0.05) is 16.4 Å². The number of aryl methyl sites for hydroxylation is 1. The Balaban J connectivity index is 1.41. The molecule has 0 unspecified atom stereocenters. The minimum absolute atomic E-state index is 0.164. The summed E-state index contributed by atoms with van der Waals surface area (Å²) in [7, 11) is 0. The molecule has 174 valence electrons. The Hall–Kier alpha value is -4.17. The Morgan fingerprint density at radius 2 is 1.47 bits per heavy atom. The number of nitrogens with one attached hydrogen (secondary N) is 3. The molecule has 0 bridgehead atoms. The summed E-state index contributed by atoms with van der Waals surface area (Å²) in [5.41, 5.74) is 5.12. The van der Waals surface area contributed by atoms with Crippen LogP contribution in [-0.4, -0.2) is 30.5 Å². The Kier molecular flexibility index (Phi) is 8.76. The van der Waals surface area contributed by atoms with Gasteiger partial charge in [-0.1, -0.05) is 30.7 Å². The fraction of sp³-hybridized carbons (Fsp3) is 0.120. The molecule has 34 heavy (non-hydrogen) atoms. The van der Waals surface area contributed by atoms with Crippen LogP contribution >= 0.6 is 11.6 Å². The van der Waals surface area contributed by atoms with Gasteiger partial charge in [0.15, 0.2) is 6.61 Å². The van der Waals surface area contributed by atoms with Crippen molar-refractivity contribution >= 4 is 46.9 Å². The number of benzene rings is 3. The highest BCUT2D eigenvalue weighted by molar-refractivity contribution is 6.39. The second kappa shape index (κ2) is 12.2. The third-order valence-corrected chi connectivity index (χ3v) is 4.84. The van der Waals surface area contributed by atoms with Crippen molar-refractivity contribution < 1.29 is 19.1 Å². The zero-order valence-corrected chi connectivity index (χ0v) is 19.1. The van der Waals surface area contributed by atoms with E-state index in [0.717, 1.165) is 12.0 Å². The fourth-order valence-corrected chi connectivity index (χ4v) is 2.88. The summed E-state index contributed by atoms with van der Waals surface area (Å²) in [6.07, 6.45) is 2.27. The summed E-state index contributed by atoms with van der Waals surface area (Å²) in [5.74, 6) is -1.53. The van der Waals surface area contributed by atoms with Crippen LogP contribution in [0.1, 0.15) is 18.1 Å². The molecule has 0 aliphatic heterocycles. The van der Waals surface area contributed by atoms with Crippen molar-refractivity contribution in [3.05, 3.63) is 88.9 Å². The quantitative estimate of drug-likeness (QED) is 0.258. The van der Waals surface area contributed by atoms with Crippen LogP contribution in [-0.2, 0) is 20.8 Å². The average Bonchev–Trinajstić information content (AvgIpc) is 2.85. The number of anilines is 2. The van der Waals surface area contributed by atoms with Gasteiger partial charge in [-0.2, -0.15) is 5.10 Å². The Morgan fingerprint density at radius 3 is 2.12 bits per heavy atom. The van der Waals surface area contributed by atoms with E-state index in [4.69, 9.17) is 16.3 Å². The third-order valence-electron chi connectivity index (χ3n) is 4.58. The topological polar surface area (TPSA) is 109 Å². The lowest BCUT2D eigenvalue weighted by molar-refractivity contribution is -0.136. The molecule has 9 heteroatoms. The molecule has 8 nitrogen and oxygen atoms in total. The first kappa shape index (κ1) is 24.5. The molecule has 3 aromatic carbocycles. The van der Waals surface area contributed by atoms with E-state index in [1.54, 1.807) is 60.7 Å². The van der Waals surface area contributed by atoms with Gasteiger partial charge in [0.2, 0.25) is 0 Å². The third kappa shape index (κ3) is 7.75. The smallest absolute Gasteiger partial charge is 0.329 e. The van der Waals surface area contributed by atoms with E-state index in [-0.39, 0.29) is 12.5 Å². The van der Waals surface area contributed by atoms with Crippen molar-refractivity contribution in [3.8, 4) is 5.75 Å². The molecule has 0 heterocycles. The molecule has 0 aliphatic rings. The number of carbonyl (C=O) groups is 3. The van der Waals surface area contributed by atoms with Gasteiger partial charge in [-0.05, 0) is 78.2 Å². The van der Waals surface area contributed by atoms with Gasteiger partial charge in [0.25, 0.3) is 5.91 Å². The van der Waals surface area contributed by atoms with Crippen molar-refractivity contribution in [2.45, 2.75) is 13.3 Å². The largest absolute Gasteiger partial charge is 0.484 e. The lowest BCUT2D eigenvalue weighted by Crippen LogP contribution is -2.32. The molecule has 0 aromatic heterocycles. The summed E-state index contributed by atoms with van der Waals surface area (Å²) < 4.78 is 5.46. The maximum atomic E-state index is 12.0. The zero-order valence-electron chi connectivity index (χ0n) is 18.4.